The average molecular weight is 310 g/mol. The molecule has 0 bridgehead atoms. The third-order valence-corrected chi connectivity index (χ3v) is 4.46. The third kappa shape index (κ3) is 3.71. The first kappa shape index (κ1) is 15.7. The Hall–Kier alpha value is -1.66. The number of piperazine rings is 1. The van der Waals surface area contributed by atoms with Crippen LogP contribution in [-0.4, -0.2) is 57.8 Å². The molecule has 1 aliphatic rings. The van der Waals surface area contributed by atoms with E-state index in [2.05, 4.69) is 4.90 Å². The van der Waals surface area contributed by atoms with Crippen molar-refractivity contribution in [3.05, 3.63) is 23.8 Å². The highest BCUT2D eigenvalue weighted by Gasteiger charge is 2.20. The molecule has 1 aromatic rings. The SMILES string of the molecule is N#Cc1cc(S(N)(=O)=O)ccc1N1CCN(CCO)CC1. The van der Waals surface area contributed by atoms with Gasteiger partial charge in [0.25, 0.3) is 0 Å². The van der Waals surface area contributed by atoms with Gasteiger partial charge in [0.05, 0.1) is 22.8 Å². The van der Waals surface area contributed by atoms with E-state index in [1.165, 1.54) is 12.1 Å². The fraction of sp³-hybridized carbons (Fsp3) is 0.462. The maximum Gasteiger partial charge on any atom is 0.238 e. The Morgan fingerprint density at radius 1 is 1.29 bits per heavy atom. The Bertz CT molecular complexity index is 646. The maximum atomic E-state index is 11.3. The molecule has 0 saturated carbocycles. The molecule has 0 amide bonds. The molecule has 8 heteroatoms. The van der Waals surface area contributed by atoms with Crippen molar-refractivity contribution in [2.75, 3.05) is 44.2 Å². The fourth-order valence-electron chi connectivity index (χ4n) is 2.41. The number of β-amino-alcohol motifs (C(OH)–C–C–N with tert-alkyl or cyclic N) is 1. The van der Waals surface area contributed by atoms with E-state index in [9.17, 15) is 13.7 Å². The summed E-state index contributed by atoms with van der Waals surface area (Å²) in [5.41, 5.74) is 1.02. The number of rotatable bonds is 4. The van der Waals surface area contributed by atoms with Crippen LogP contribution in [0, 0.1) is 11.3 Å². The number of primary sulfonamides is 1. The molecule has 1 saturated heterocycles. The lowest BCUT2D eigenvalue weighted by atomic mass is 10.1. The summed E-state index contributed by atoms with van der Waals surface area (Å²) in [6.07, 6.45) is 0. The van der Waals surface area contributed by atoms with Crippen LogP contribution in [0.2, 0.25) is 0 Å². The van der Waals surface area contributed by atoms with Gasteiger partial charge >= 0.3 is 0 Å². The Balaban J connectivity index is 2.20. The Morgan fingerprint density at radius 3 is 2.48 bits per heavy atom. The Morgan fingerprint density at radius 2 is 1.95 bits per heavy atom. The minimum atomic E-state index is -3.80. The predicted octanol–water partition coefficient (Wildman–Crippen LogP) is -0.680. The van der Waals surface area contributed by atoms with Gasteiger partial charge in [-0.15, -0.1) is 0 Å². The van der Waals surface area contributed by atoms with Crippen LogP contribution >= 0.6 is 0 Å². The van der Waals surface area contributed by atoms with Crippen molar-refractivity contribution in [2.24, 2.45) is 5.14 Å². The van der Waals surface area contributed by atoms with Gasteiger partial charge in [0.15, 0.2) is 0 Å². The van der Waals surface area contributed by atoms with E-state index in [4.69, 9.17) is 10.2 Å². The number of anilines is 1. The van der Waals surface area contributed by atoms with Crippen molar-refractivity contribution >= 4 is 15.7 Å². The molecule has 0 aliphatic carbocycles. The van der Waals surface area contributed by atoms with Crippen LogP contribution in [0.4, 0.5) is 5.69 Å². The summed E-state index contributed by atoms with van der Waals surface area (Å²) in [5, 5.41) is 23.2. The minimum absolute atomic E-state index is 0.0540. The van der Waals surface area contributed by atoms with E-state index in [-0.39, 0.29) is 11.5 Å². The number of nitrogens with zero attached hydrogens (tertiary/aromatic N) is 3. The molecule has 0 atom stereocenters. The number of sulfonamides is 1. The molecule has 1 fully saturated rings. The van der Waals surface area contributed by atoms with Crippen LogP contribution in [0.25, 0.3) is 0 Å². The molecule has 0 aromatic heterocycles. The summed E-state index contributed by atoms with van der Waals surface area (Å²) in [6, 6.07) is 6.38. The number of aliphatic hydroxyl groups is 1. The highest BCUT2D eigenvalue weighted by molar-refractivity contribution is 7.89. The average Bonchev–Trinajstić information content (AvgIpc) is 2.47. The number of nitrogens with two attached hydrogens (primary N) is 1. The molecule has 3 N–H and O–H groups in total. The predicted molar refractivity (Wildman–Crippen MR) is 78.3 cm³/mol. The van der Waals surface area contributed by atoms with E-state index in [0.717, 1.165) is 26.2 Å². The minimum Gasteiger partial charge on any atom is -0.395 e. The summed E-state index contributed by atoms with van der Waals surface area (Å²) in [4.78, 5) is 4.13. The van der Waals surface area contributed by atoms with Gasteiger partial charge in [-0.3, -0.25) is 4.90 Å². The second kappa shape index (κ2) is 6.41. The van der Waals surface area contributed by atoms with E-state index >= 15 is 0 Å². The van der Waals surface area contributed by atoms with Crippen LogP contribution in [-0.2, 0) is 10.0 Å². The molecule has 2 rings (SSSR count). The van der Waals surface area contributed by atoms with E-state index in [1.54, 1.807) is 6.07 Å². The summed E-state index contributed by atoms with van der Waals surface area (Å²) in [5.74, 6) is 0. The number of benzene rings is 1. The zero-order valence-electron chi connectivity index (χ0n) is 11.6. The molecule has 0 radical (unpaired) electrons. The second-order valence-corrected chi connectivity index (χ2v) is 6.45. The summed E-state index contributed by atoms with van der Waals surface area (Å²) < 4.78 is 22.7. The highest BCUT2D eigenvalue weighted by atomic mass is 32.2. The lowest BCUT2D eigenvalue weighted by Crippen LogP contribution is -2.47. The number of aliphatic hydroxyl groups excluding tert-OH is 1. The van der Waals surface area contributed by atoms with E-state index < -0.39 is 10.0 Å². The van der Waals surface area contributed by atoms with Crippen molar-refractivity contribution < 1.29 is 13.5 Å². The molecule has 114 valence electrons. The van der Waals surface area contributed by atoms with Crippen molar-refractivity contribution in [2.45, 2.75) is 4.90 Å². The third-order valence-electron chi connectivity index (χ3n) is 3.55. The molecule has 21 heavy (non-hydrogen) atoms. The smallest absolute Gasteiger partial charge is 0.238 e. The summed E-state index contributed by atoms with van der Waals surface area (Å²) in [7, 11) is -3.80. The van der Waals surface area contributed by atoms with Crippen LogP contribution < -0.4 is 10.0 Å². The summed E-state index contributed by atoms with van der Waals surface area (Å²) in [6.45, 7) is 3.81. The molecule has 7 nitrogen and oxygen atoms in total. The second-order valence-electron chi connectivity index (χ2n) is 4.89. The molecule has 1 heterocycles. The van der Waals surface area contributed by atoms with Crippen molar-refractivity contribution in [1.82, 2.24) is 4.90 Å². The molecule has 0 spiro atoms. The number of hydrogen-bond acceptors (Lipinski definition) is 6. The topological polar surface area (TPSA) is 111 Å². The van der Waals surface area contributed by atoms with Gasteiger partial charge in [-0.1, -0.05) is 0 Å². The number of hydrogen-bond donors (Lipinski definition) is 2. The zero-order valence-corrected chi connectivity index (χ0v) is 12.4. The van der Waals surface area contributed by atoms with Gasteiger partial charge < -0.3 is 10.0 Å². The standard InChI is InChI=1S/C13H18N4O3S/c14-10-11-9-12(21(15,19)20)1-2-13(11)17-5-3-16(4-6-17)7-8-18/h1-2,9,18H,3-8H2,(H2,15,19,20). The van der Waals surface area contributed by atoms with Crippen molar-refractivity contribution in [1.29, 1.82) is 5.26 Å². The molecule has 0 unspecified atom stereocenters. The van der Waals surface area contributed by atoms with E-state index in [1.807, 2.05) is 11.0 Å². The molecular formula is C13H18N4O3S. The molecule has 1 aliphatic heterocycles. The maximum absolute atomic E-state index is 11.3. The lowest BCUT2D eigenvalue weighted by molar-refractivity contribution is 0.189. The van der Waals surface area contributed by atoms with Gasteiger partial charge in [0.1, 0.15) is 6.07 Å². The Labute approximate surface area is 124 Å². The first-order chi connectivity index (χ1) is 9.95. The largest absolute Gasteiger partial charge is 0.395 e. The molecular weight excluding hydrogens is 292 g/mol. The van der Waals surface area contributed by atoms with E-state index in [0.29, 0.717) is 17.8 Å². The van der Waals surface area contributed by atoms with Gasteiger partial charge in [0, 0.05) is 32.7 Å². The highest BCUT2D eigenvalue weighted by Crippen LogP contribution is 2.24. The van der Waals surface area contributed by atoms with Gasteiger partial charge in [0.2, 0.25) is 10.0 Å². The number of nitriles is 1. The van der Waals surface area contributed by atoms with Crippen molar-refractivity contribution in [3.63, 3.8) is 0 Å². The monoisotopic (exact) mass is 310 g/mol. The summed E-state index contributed by atoms with van der Waals surface area (Å²) >= 11 is 0. The quantitative estimate of drug-likeness (QED) is 0.762. The fourth-order valence-corrected chi connectivity index (χ4v) is 2.95. The van der Waals surface area contributed by atoms with Crippen LogP contribution in [0.1, 0.15) is 5.56 Å². The van der Waals surface area contributed by atoms with Crippen LogP contribution in [0.3, 0.4) is 0 Å². The normalized spacial score (nSPS) is 16.7. The van der Waals surface area contributed by atoms with Gasteiger partial charge in [-0.05, 0) is 18.2 Å². The first-order valence-corrected chi connectivity index (χ1v) is 8.15. The zero-order chi connectivity index (χ0) is 15.5. The first-order valence-electron chi connectivity index (χ1n) is 6.61. The Kier molecular flexibility index (Phi) is 4.80. The van der Waals surface area contributed by atoms with Gasteiger partial charge in [-0.25, -0.2) is 13.6 Å². The molecule has 1 aromatic carbocycles. The van der Waals surface area contributed by atoms with Crippen LogP contribution in [0.15, 0.2) is 23.1 Å². The van der Waals surface area contributed by atoms with Gasteiger partial charge in [-0.2, -0.15) is 5.26 Å². The lowest BCUT2D eigenvalue weighted by Gasteiger charge is -2.36. The van der Waals surface area contributed by atoms with Crippen molar-refractivity contribution in [3.8, 4) is 6.07 Å². The van der Waals surface area contributed by atoms with Crippen LogP contribution in [0.5, 0.6) is 0 Å².